The normalized spacial score (nSPS) is 10.8. The van der Waals surface area contributed by atoms with Gasteiger partial charge in [-0.25, -0.2) is 5.43 Å². The summed E-state index contributed by atoms with van der Waals surface area (Å²) < 4.78 is 6.43. The van der Waals surface area contributed by atoms with Crippen LogP contribution < -0.4 is 10.2 Å². The van der Waals surface area contributed by atoms with Crippen LogP contribution in [0.1, 0.15) is 11.1 Å². The van der Waals surface area contributed by atoms with E-state index in [-0.39, 0.29) is 24.0 Å². The lowest BCUT2D eigenvalue weighted by molar-refractivity contribution is -0.384. The number of thioether (sulfide) groups is 1. The van der Waals surface area contributed by atoms with Gasteiger partial charge in [0, 0.05) is 22.1 Å². The standard InChI is InChI=1S/C22H17BrClN3O4S/c23-20-11-15(12-25-26-22(28)14-32-19-7-5-17(24)6-8-19)4-9-21(20)31-13-16-2-1-3-18(10-16)27(29)30/h1-12H,13-14H2,(H,26,28)/b25-12-. The van der Waals surface area contributed by atoms with Crippen molar-refractivity contribution in [2.75, 3.05) is 5.75 Å². The fourth-order valence-electron chi connectivity index (χ4n) is 2.53. The number of carbonyl (C=O) groups excluding carboxylic acids is 1. The SMILES string of the molecule is O=C(CSc1ccc(Cl)cc1)N/N=C\c1ccc(OCc2cccc([N+](=O)[O-])c2)c(Br)c1. The molecule has 0 unspecified atom stereocenters. The van der Waals surface area contributed by atoms with Crippen LogP contribution in [0.3, 0.4) is 0 Å². The number of amides is 1. The second-order valence-corrected chi connectivity index (χ2v) is 8.78. The summed E-state index contributed by atoms with van der Waals surface area (Å²) in [7, 11) is 0. The van der Waals surface area contributed by atoms with Crippen LogP contribution in [0.15, 0.2) is 81.2 Å². The van der Waals surface area contributed by atoms with Crippen molar-refractivity contribution in [1.82, 2.24) is 5.43 Å². The molecule has 3 aromatic rings. The van der Waals surface area contributed by atoms with Gasteiger partial charge in [0.1, 0.15) is 12.4 Å². The Bertz CT molecular complexity index is 1140. The molecule has 1 amide bonds. The molecular weight excluding hydrogens is 518 g/mol. The summed E-state index contributed by atoms with van der Waals surface area (Å²) in [5.41, 5.74) is 3.95. The minimum absolute atomic E-state index is 0.0188. The van der Waals surface area contributed by atoms with E-state index in [1.165, 1.54) is 30.1 Å². The molecule has 0 aliphatic heterocycles. The predicted octanol–water partition coefficient (Wildman–Crippen LogP) is 5.83. The molecule has 7 nitrogen and oxygen atoms in total. The zero-order valence-corrected chi connectivity index (χ0v) is 19.7. The Labute approximate surface area is 202 Å². The van der Waals surface area contributed by atoms with Gasteiger partial charge in [-0.2, -0.15) is 5.10 Å². The highest BCUT2D eigenvalue weighted by molar-refractivity contribution is 9.10. The van der Waals surface area contributed by atoms with E-state index in [4.69, 9.17) is 16.3 Å². The highest BCUT2D eigenvalue weighted by atomic mass is 79.9. The summed E-state index contributed by atoms with van der Waals surface area (Å²) in [6, 6.07) is 18.9. The topological polar surface area (TPSA) is 93.8 Å². The van der Waals surface area contributed by atoms with Crippen LogP contribution in [0.5, 0.6) is 5.75 Å². The maximum atomic E-state index is 11.9. The molecule has 0 saturated carbocycles. The van der Waals surface area contributed by atoms with Gasteiger partial charge < -0.3 is 4.74 Å². The summed E-state index contributed by atoms with van der Waals surface area (Å²) in [6.45, 7) is 0.190. The molecule has 3 rings (SSSR count). The maximum Gasteiger partial charge on any atom is 0.269 e. The number of hydrazone groups is 1. The third kappa shape index (κ3) is 7.37. The van der Waals surface area contributed by atoms with Gasteiger partial charge in [0.25, 0.3) is 5.69 Å². The highest BCUT2D eigenvalue weighted by Crippen LogP contribution is 2.27. The Morgan fingerprint density at radius 1 is 1.19 bits per heavy atom. The van der Waals surface area contributed by atoms with Gasteiger partial charge in [-0.3, -0.25) is 14.9 Å². The molecule has 0 spiro atoms. The molecule has 0 bridgehead atoms. The first kappa shape index (κ1) is 23.8. The quantitative estimate of drug-likeness (QED) is 0.161. The van der Waals surface area contributed by atoms with Gasteiger partial charge in [0.2, 0.25) is 5.91 Å². The maximum absolute atomic E-state index is 11.9. The molecule has 0 heterocycles. The number of nitro benzene ring substituents is 1. The first-order chi connectivity index (χ1) is 15.4. The molecule has 0 atom stereocenters. The van der Waals surface area contributed by atoms with E-state index < -0.39 is 4.92 Å². The van der Waals surface area contributed by atoms with Crippen molar-refractivity contribution < 1.29 is 14.5 Å². The molecule has 3 aromatic carbocycles. The first-order valence-electron chi connectivity index (χ1n) is 9.26. The number of nitro groups is 1. The van der Waals surface area contributed by atoms with Crippen molar-refractivity contribution in [3.05, 3.63) is 97.5 Å². The first-order valence-corrected chi connectivity index (χ1v) is 11.4. The summed E-state index contributed by atoms with van der Waals surface area (Å²) >= 11 is 10.7. The third-order valence-corrected chi connectivity index (χ3v) is 5.94. The Balaban J connectivity index is 1.49. The number of halogens is 2. The van der Waals surface area contributed by atoms with Gasteiger partial charge >= 0.3 is 0 Å². The lowest BCUT2D eigenvalue weighted by atomic mass is 10.2. The van der Waals surface area contributed by atoms with Crippen molar-refractivity contribution in [3.63, 3.8) is 0 Å². The number of nitrogens with zero attached hydrogens (tertiary/aromatic N) is 2. The number of carbonyl (C=O) groups is 1. The number of rotatable bonds is 9. The third-order valence-electron chi connectivity index (χ3n) is 4.06. The van der Waals surface area contributed by atoms with Crippen LogP contribution in [0, 0.1) is 10.1 Å². The Morgan fingerprint density at radius 3 is 2.69 bits per heavy atom. The number of nitrogens with one attached hydrogen (secondary N) is 1. The van der Waals surface area contributed by atoms with Crippen LogP contribution in [0.4, 0.5) is 5.69 Å². The van der Waals surface area contributed by atoms with Crippen LogP contribution in [-0.2, 0) is 11.4 Å². The van der Waals surface area contributed by atoms with Gasteiger partial charge in [-0.1, -0.05) is 23.7 Å². The summed E-state index contributed by atoms with van der Waals surface area (Å²) in [5, 5.41) is 15.5. The average Bonchev–Trinajstić information content (AvgIpc) is 2.78. The Hall–Kier alpha value is -2.88. The second kappa shape index (κ2) is 11.7. The van der Waals surface area contributed by atoms with E-state index in [1.807, 2.05) is 12.1 Å². The largest absolute Gasteiger partial charge is 0.488 e. The van der Waals surface area contributed by atoms with E-state index in [1.54, 1.807) is 42.5 Å². The van der Waals surface area contributed by atoms with Gasteiger partial charge in [-0.05, 0) is 69.5 Å². The van der Waals surface area contributed by atoms with Crippen LogP contribution >= 0.6 is 39.3 Å². The van der Waals surface area contributed by atoms with Gasteiger partial charge in [-0.15, -0.1) is 11.8 Å². The summed E-state index contributed by atoms with van der Waals surface area (Å²) in [6.07, 6.45) is 1.53. The van der Waals surface area contributed by atoms with Crippen molar-refractivity contribution in [3.8, 4) is 5.75 Å². The van der Waals surface area contributed by atoms with Gasteiger partial charge in [0.05, 0.1) is 21.4 Å². The Kier molecular flexibility index (Phi) is 8.66. The zero-order chi connectivity index (χ0) is 22.9. The van der Waals surface area contributed by atoms with Gasteiger partial charge in [0.15, 0.2) is 0 Å². The average molecular weight is 535 g/mol. The molecule has 0 aliphatic carbocycles. The highest BCUT2D eigenvalue weighted by Gasteiger charge is 2.08. The monoisotopic (exact) mass is 533 g/mol. The molecule has 0 saturated heterocycles. The molecule has 0 radical (unpaired) electrons. The molecule has 0 aliphatic rings. The van der Waals surface area contributed by atoms with E-state index in [0.29, 0.717) is 20.8 Å². The predicted molar refractivity (Wildman–Crippen MR) is 129 cm³/mol. The second-order valence-electron chi connectivity index (χ2n) is 6.44. The lowest BCUT2D eigenvalue weighted by Gasteiger charge is -2.09. The van der Waals surface area contributed by atoms with E-state index >= 15 is 0 Å². The number of hydrogen-bond donors (Lipinski definition) is 1. The summed E-state index contributed by atoms with van der Waals surface area (Å²) in [5.74, 6) is 0.585. The number of ether oxygens (including phenoxy) is 1. The molecule has 10 heteroatoms. The minimum atomic E-state index is -0.442. The molecule has 32 heavy (non-hydrogen) atoms. The molecule has 0 aromatic heterocycles. The van der Waals surface area contributed by atoms with Crippen molar-refractivity contribution in [2.45, 2.75) is 11.5 Å². The van der Waals surface area contributed by atoms with Crippen molar-refractivity contribution >= 4 is 57.1 Å². The zero-order valence-electron chi connectivity index (χ0n) is 16.5. The number of non-ortho nitro benzene ring substituents is 1. The molecule has 1 N–H and O–H groups in total. The molecule has 164 valence electrons. The number of benzene rings is 3. The summed E-state index contributed by atoms with van der Waals surface area (Å²) in [4.78, 5) is 23.3. The van der Waals surface area contributed by atoms with Crippen molar-refractivity contribution in [2.24, 2.45) is 5.10 Å². The van der Waals surface area contributed by atoms with Crippen molar-refractivity contribution in [1.29, 1.82) is 0 Å². The minimum Gasteiger partial charge on any atom is -0.488 e. The smallest absolute Gasteiger partial charge is 0.269 e. The fourth-order valence-corrected chi connectivity index (χ4v) is 3.85. The molecule has 0 fully saturated rings. The lowest BCUT2D eigenvalue weighted by Crippen LogP contribution is -2.19. The van der Waals surface area contributed by atoms with E-state index in [0.717, 1.165) is 10.5 Å². The fraction of sp³-hybridized carbons (Fsp3) is 0.0909. The van der Waals surface area contributed by atoms with Crippen LogP contribution in [-0.4, -0.2) is 22.8 Å². The van der Waals surface area contributed by atoms with Crippen LogP contribution in [0.2, 0.25) is 5.02 Å². The Morgan fingerprint density at radius 2 is 1.97 bits per heavy atom. The molecular formula is C22H17BrClN3O4S. The number of hydrogen-bond acceptors (Lipinski definition) is 6. The van der Waals surface area contributed by atoms with E-state index in [2.05, 4.69) is 26.5 Å². The van der Waals surface area contributed by atoms with Crippen LogP contribution in [0.25, 0.3) is 0 Å². The van der Waals surface area contributed by atoms with E-state index in [9.17, 15) is 14.9 Å².